The van der Waals surface area contributed by atoms with E-state index in [0.29, 0.717) is 11.1 Å². The van der Waals surface area contributed by atoms with E-state index in [1.54, 1.807) is 0 Å². The average molecular weight is 220 g/mol. The van der Waals surface area contributed by atoms with Gasteiger partial charge in [0.15, 0.2) is 0 Å². The summed E-state index contributed by atoms with van der Waals surface area (Å²) in [6.07, 6.45) is 0.0301. The van der Waals surface area contributed by atoms with E-state index in [1.165, 1.54) is 19.2 Å². The van der Waals surface area contributed by atoms with Crippen molar-refractivity contribution in [3.05, 3.63) is 28.8 Å². The molecule has 3 N–H and O–H groups in total. The van der Waals surface area contributed by atoms with Gasteiger partial charge in [-0.1, -0.05) is 0 Å². The van der Waals surface area contributed by atoms with E-state index in [4.69, 9.17) is 11.0 Å². The number of carbonyl (C=O) groups is 1. The molecular weight excluding hydrogens is 208 g/mol. The molecule has 0 aliphatic carbocycles. The maximum absolute atomic E-state index is 11.1. The second kappa shape index (κ2) is 5.14. The minimum absolute atomic E-state index is 0.0301. The van der Waals surface area contributed by atoms with E-state index in [9.17, 15) is 9.90 Å². The van der Waals surface area contributed by atoms with Gasteiger partial charge in [0, 0.05) is 6.54 Å². The van der Waals surface area contributed by atoms with Crippen molar-refractivity contribution in [2.45, 2.75) is 13.0 Å². The molecule has 0 aliphatic rings. The second-order valence-corrected chi connectivity index (χ2v) is 3.21. The summed E-state index contributed by atoms with van der Waals surface area (Å²) in [5, 5.41) is 18.2. The number of esters is 1. The highest BCUT2D eigenvalue weighted by Gasteiger charge is 2.11. The second-order valence-electron chi connectivity index (χ2n) is 3.21. The molecule has 0 amide bonds. The average Bonchev–Trinajstić information content (AvgIpc) is 2.29. The largest absolute Gasteiger partial charge is 0.507 e. The number of phenols is 1. The van der Waals surface area contributed by atoms with Crippen molar-refractivity contribution in [3.8, 4) is 11.8 Å². The van der Waals surface area contributed by atoms with Gasteiger partial charge in [0.2, 0.25) is 0 Å². The third-order valence-electron chi connectivity index (χ3n) is 2.22. The number of methoxy groups -OCH3 is 1. The fraction of sp³-hybridized carbons (Fsp3) is 0.273. The molecule has 0 spiro atoms. The topological polar surface area (TPSA) is 96.3 Å². The predicted molar refractivity (Wildman–Crippen MR) is 56.4 cm³/mol. The molecule has 5 heteroatoms. The maximum atomic E-state index is 11.1. The third-order valence-corrected chi connectivity index (χ3v) is 2.22. The van der Waals surface area contributed by atoms with Crippen molar-refractivity contribution >= 4 is 5.97 Å². The Bertz CT molecular complexity index is 449. The van der Waals surface area contributed by atoms with E-state index in [2.05, 4.69) is 4.74 Å². The quantitative estimate of drug-likeness (QED) is 0.720. The van der Waals surface area contributed by atoms with Crippen LogP contribution < -0.4 is 5.73 Å². The molecule has 0 unspecified atom stereocenters. The van der Waals surface area contributed by atoms with E-state index in [0.717, 1.165) is 0 Å². The van der Waals surface area contributed by atoms with Gasteiger partial charge < -0.3 is 15.6 Å². The molecule has 0 aliphatic heterocycles. The summed E-state index contributed by atoms with van der Waals surface area (Å²) in [6.45, 7) is 0.196. The number of nitrogens with two attached hydrogens (primary N) is 1. The Morgan fingerprint density at radius 1 is 1.56 bits per heavy atom. The first-order chi connectivity index (χ1) is 7.62. The number of hydrogen-bond acceptors (Lipinski definition) is 5. The Balaban J connectivity index is 3.14. The lowest BCUT2D eigenvalue weighted by Gasteiger charge is -2.08. The van der Waals surface area contributed by atoms with Crippen LogP contribution in [-0.4, -0.2) is 18.2 Å². The summed E-state index contributed by atoms with van der Waals surface area (Å²) in [4.78, 5) is 11.1. The Hall–Kier alpha value is -2.06. The summed E-state index contributed by atoms with van der Waals surface area (Å²) in [5.74, 6) is -0.572. The highest BCUT2D eigenvalue weighted by molar-refractivity contribution is 5.73. The SMILES string of the molecule is COC(=O)Cc1cc(O)c(C#N)cc1CN. The van der Waals surface area contributed by atoms with Crippen molar-refractivity contribution in [2.75, 3.05) is 7.11 Å². The molecule has 1 rings (SSSR count). The van der Waals surface area contributed by atoms with Gasteiger partial charge in [-0.05, 0) is 23.3 Å². The number of carbonyl (C=O) groups excluding carboxylic acids is 1. The number of nitrogens with zero attached hydrogens (tertiary/aromatic N) is 1. The molecule has 0 atom stereocenters. The van der Waals surface area contributed by atoms with Crippen LogP contribution in [0.4, 0.5) is 0 Å². The number of aromatic hydroxyl groups is 1. The van der Waals surface area contributed by atoms with Crippen LogP contribution in [0.2, 0.25) is 0 Å². The molecule has 0 saturated carbocycles. The maximum Gasteiger partial charge on any atom is 0.309 e. The van der Waals surface area contributed by atoms with Gasteiger partial charge in [-0.15, -0.1) is 0 Å². The Kier molecular flexibility index (Phi) is 3.86. The molecule has 0 saturated heterocycles. The van der Waals surface area contributed by atoms with Crippen molar-refractivity contribution < 1.29 is 14.6 Å². The van der Waals surface area contributed by atoms with E-state index >= 15 is 0 Å². The van der Waals surface area contributed by atoms with Gasteiger partial charge in [0.05, 0.1) is 19.1 Å². The van der Waals surface area contributed by atoms with Crippen LogP contribution in [0.25, 0.3) is 0 Å². The fourth-order valence-electron chi connectivity index (χ4n) is 1.35. The van der Waals surface area contributed by atoms with Crippen LogP contribution in [0.1, 0.15) is 16.7 Å². The number of benzene rings is 1. The van der Waals surface area contributed by atoms with Crippen LogP contribution >= 0.6 is 0 Å². The number of ether oxygens (including phenoxy) is 1. The summed E-state index contributed by atoms with van der Waals surface area (Å²) in [7, 11) is 1.29. The van der Waals surface area contributed by atoms with Crippen LogP contribution in [0.5, 0.6) is 5.75 Å². The van der Waals surface area contributed by atoms with E-state index in [1.807, 2.05) is 6.07 Å². The first kappa shape index (κ1) is 12.0. The molecule has 1 aromatic carbocycles. The number of rotatable bonds is 3. The lowest BCUT2D eigenvalue weighted by molar-refractivity contribution is -0.139. The van der Waals surface area contributed by atoms with E-state index in [-0.39, 0.29) is 24.3 Å². The predicted octanol–water partition coefficient (Wildman–Crippen LogP) is 0.438. The first-order valence-corrected chi connectivity index (χ1v) is 4.64. The zero-order chi connectivity index (χ0) is 12.1. The normalized spacial score (nSPS) is 9.56. The zero-order valence-corrected chi connectivity index (χ0v) is 8.86. The van der Waals surface area contributed by atoms with Gasteiger partial charge >= 0.3 is 5.97 Å². The molecule has 0 heterocycles. The summed E-state index contributed by atoms with van der Waals surface area (Å²) >= 11 is 0. The Labute approximate surface area is 93.1 Å². The van der Waals surface area contributed by atoms with E-state index < -0.39 is 5.97 Å². The van der Waals surface area contributed by atoms with Crippen LogP contribution in [0.15, 0.2) is 12.1 Å². The molecule has 16 heavy (non-hydrogen) atoms. The summed E-state index contributed by atoms with van der Waals surface area (Å²) < 4.78 is 4.52. The molecule has 0 fully saturated rings. The minimum atomic E-state index is -0.418. The molecule has 0 bridgehead atoms. The van der Waals surface area contributed by atoms with Crippen LogP contribution in [0, 0.1) is 11.3 Å². The third kappa shape index (κ3) is 2.49. The molecular formula is C11H12N2O3. The lowest BCUT2D eigenvalue weighted by atomic mass is 10.0. The standard InChI is InChI=1S/C11H12N2O3/c1-16-11(15)4-7-3-10(14)9(6-13)2-8(7)5-12/h2-3,14H,4-5,12H2,1H3. The van der Waals surface area contributed by atoms with Crippen molar-refractivity contribution in [1.29, 1.82) is 5.26 Å². The van der Waals surface area contributed by atoms with Gasteiger partial charge in [0.1, 0.15) is 11.8 Å². The van der Waals surface area contributed by atoms with Crippen LogP contribution in [-0.2, 0) is 22.5 Å². The molecule has 84 valence electrons. The first-order valence-electron chi connectivity index (χ1n) is 4.64. The van der Waals surface area contributed by atoms with Crippen molar-refractivity contribution in [3.63, 3.8) is 0 Å². The summed E-state index contributed by atoms with van der Waals surface area (Å²) in [5.41, 5.74) is 6.87. The minimum Gasteiger partial charge on any atom is -0.507 e. The van der Waals surface area contributed by atoms with Gasteiger partial charge in [0.25, 0.3) is 0 Å². The van der Waals surface area contributed by atoms with Crippen molar-refractivity contribution in [2.24, 2.45) is 5.73 Å². The summed E-state index contributed by atoms with van der Waals surface area (Å²) in [6, 6.07) is 4.70. The van der Waals surface area contributed by atoms with Gasteiger partial charge in [-0.25, -0.2) is 0 Å². The number of phenolic OH excluding ortho intramolecular Hbond substituents is 1. The lowest BCUT2D eigenvalue weighted by Crippen LogP contribution is -2.09. The molecule has 0 radical (unpaired) electrons. The van der Waals surface area contributed by atoms with Crippen LogP contribution in [0.3, 0.4) is 0 Å². The smallest absolute Gasteiger partial charge is 0.309 e. The number of nitriles is 1. The van der Waals surface area contributed by atoms with Gasteiger partial charge in [-0.3, -0.25) is 4.79 Å². The Morgan fingerprint density at radius 3 is 2.75 bits per heavy atom. The molecule has 0 aromatic heterocycles. The molecule has 1 aromatic rings. The Morgan fingerprint density at radius 2 is 2.25 bits per heavy atom. The molecule has 5 nitrogen and oxygen atoms in total. The number of hydrogen-bond donors (Lipinski definition) is 2. The fourth-order valence-corrected chi connectivity index (χ4v) is 1.35. The zero-order valence-electron chi connectivity index (χ0n) is 8.86. The highest BCUT2D eigenvalue weighted by atomic mass is 16.5. The van der Waals surface area contributed by atoms with Crippen molar-refractivity contribution in [1.82, 2.24) is 0 Å². The van der Waals surface area contributed by atoms with Gasteiger partial charge in [-0.2, -0.15) is 5.26 Å². The monoisotopic (exact) mass is 220 g/mol. The highest BCUT2D eigenvalue weighted by Crippen LogP contribution is 2.22.